The number of nitrogens with two attached hydrogens (primary N) is 1. The van der Waals surface area contributed by atoms with Crippen LogP contribution in [0.15, 0.2) is 52.7 Å². The Labute approximate surface area is 176 Å². The second-order valence-electron chi connectivity index (χ2n) is 7.27. The van der Waals surface area contributed by atoms with E-state index >= 15 is 0 Å². The van der Waals surface area contributed by atoms with Gasteiger partial charge in [0.2, 0.25) is 5.91 Å². The van der Waals surface area contributed by atoms with Gasteiger partial charge in [-0.1, -0.05) is 6.07 Å². The first-order chi connectivity index (χ1) is 14.5. The van der Waals surface area contributed by atoms with Gasteiger partial charge in [0.15, 0.2) is 0 Å². The summed E-state index contributed by atoms with van der Waals surface area (Å²) in [5, 5.41) is 6.11. The van der Waals surface area contributed by atoms with Crippen molar-refractivity contribution in [2.45, 2.75) is 25.9 Å². The zero-order chi connectivity index (χ0) is 21.3. The molecule has 1 amide bonds. The van der Waals surface area contributed by atoms with Crippen LogP contribution in [-0.4, -0.2) is 33.8 Å². The number of nitrogens with zero attached hydrogens (tertiary/aromatic N) is 4. The predicted octanol–water partition coefficient (Wildman–Crippen LogP) is 2.54. The normalized spacial score (nSPS) is 14.3. The highest BCUT2D eigenvalue weighted by Crippen LogP contribution is 2.33. The Balaban J connectivity index is 1.53. The lowest BCUT2D eigenvalue weighted by molar-refractivity contribution is -0.118. The van der Waals surface area contributed by atoms with Crippen molar-refractivity contribution >= 4 is 22.9 Å². The first-order valence-corrected chi connectivity index (χ1v) is 10.5. The molecule has 0 bridgehead atoms. The van der Waals surface area contributed by atoms with E-state index in [4.69, 9.17) is 5.73 Å². The molecule has 4 rings (SSSR count). The van der Waals surface area contributed by atoms with Crippen LogP contribution in [0.4, 0.5) is 10.1 Å². The van der Waals surface area contributed by atoms with E-state index in [-0.39, 0.29) is 24.7 Å². The highest BCUT2D eigenvalue weighted by Gasteiger charge is 2.21. The van der Waals surface area contributed by atoms with Crippen molar-refractivity contribution < 1.29 is 9.18 Å². The Kier molecular flexibility index (Phi) is 5.65. The fourth-order valence-electron chi connectivity index (χ4n) is 3.54. The van der Waals surface area contributed by atoms with E-state index in [0.717, 1.165) is 33.7 Å². The number of amides is 1. The Bertz CT molecular complexity index is 1180. The van der Waals surface area contributed by atoms with Gasteiger partial charge >= 0.3 is 5.69 Å². The van der Waals surface area contributed by atoms with Crippen LogP contribution in [-0.2, 0) is 24.3 Å². The minimum atomic E-state index is -0.306. The Hall–Kier alpha value is -3.04. The van der Waals surface area contributed by atoms with Crippen LogP contribution in [0, 0.1) is 0 Å². The van der Waals surface area contributed by atoms with Gasteiger partial charge in [-0.25, -0.2) is 13.9 Å². The van der Waals surface area contributed by atoms with Gasteiger partial charge < -0.3 is 10.6 Å². The summed E-state index contributed by atoms with van der Waals surface area (Å²) in [4.78, 5) is 27.1. The first kappa shape index (κ1) is 20.2. The molecule has 30 heavy (non-hydrogen) atoms. The van der Waals surface area contributed by atoms with Gasteiger partial charge in [0.05, 0.1) is 19.4 Å². The fraction of sp³-hybridized carbons (Fsp3) is 0.286. The number of anilines is 1. The number of aryl methyl sites for hydroxylation is 1. The molecule has 3 aromatic rings. The van der Waals surface area contributed by atoms with Crippen molar-refractivity contribution in [1.82, 2.24) is 14.3 Å². The third-order valence-corrected chi connectivity index (χ3v) is 6.22. The maximum absolute atomic E-state index is 12.7. The van der Waals surface area contributed by atoms with Gasteiger partial charge in [-0.2, -0.15) is 5.10 Å². The molecule has 0 unspecified atom stereocenters. The molecule has 1 aliphatic rings. The number of hydrogen-bond acceptors (Lipinski definition) is 5. The topological polar surface area (TPSA) is 86.2 Å². The molecule has 0 radical (unpaired) electrons. The zero-order valence-electron chi connectivity index (χ0n) is 16.5. The second kappa shape index (κ2) is 8.37. The maximum atomic E-state index is 12.7. The van der Waals surface area contributed by atoms with E-state index in [1.165, 1.54) is 15.6 Å². The van der Waals surface area contributed by atoms with Crippen molar-refractivity contribution in [3.8, 4) is 11.1 Å². The molecule has 9 heteroatoms. The minimum absolute atomic E-state index is 0.0365. The monoisotopic (exact) mass is 427 g/mol. The Morgan fingerprint density at radius 3 is 2.87 bits per heavy atom. The summed E-state index contributed by atoms with van der Waals surface area (Å²) < 4.78 is 15.4. The number of benzene rings is 1. The number of fused-ring (bicyclic) bond motifs is 1. The number of carbonyl (C=O) groups excluding carboxylic acids is 1. The average molecular weight is 428 g/mol. The molecule has 1 aliphatic heterocycles. The molecule has 0 fully saturated rings. The summed E-state index contributed by atoms with van der Waals surface area (Å²) in [6.45, 7) is 0.471. The molecule has 0 atom stereocenters. The summed E-state index contributed by atoms with van der Waals surface area (Å²) >= 11 is 1.57. The highest BCUT2D eigenvalue weighted by atomic mass is 32.1. The fourth-order valence-corrected chi connectivity index (χ4v) is 4.43. The van der Waals surface area contributed by atoms with Crippen molar-refractivity contribution in [2.75, 3.05) is 18.5 Å². The second-order valence-corrected chi connectivity index (χ2v) is 8.26. The summed E-state index contributed by atoms with van der Waals surface area (Å²) in [7, 11) is 1.81. The van der Waals surface area contributed by atoms with Gasteiger partial charge in [0, 0.05) is 30.6 Å². The van der Waals surface area contributed by atoms with E-state index < -0.39 is 0 Å². The smallest absolute Gasteiger partial charge is 0.327 e. The minimum Gasteiger partial charge on any atom is -0.327 e. The van der Waals surface area contributed by atoms with E-state index in [2.05, 4.69) is 22.6 Å². The van der Waals surface area contributed by atoms with Crippen molar-refractivity contribution in [1.29, 1.82) is 0 Å². The van der Waals surface area contributed by atoms with Crippen LogP contribution in [0.25, 0.3) is 11.1 Å². The first-order valence-electron chi connectivity index (χ1n) is 9.58. The molecule has 0 saturated carbocycles. The van der Waals surface area contributed by atoms with Gasteiger partial charge in [-0.05, 0) is 52.3 Å². The molecule has 156 valence electrons. The quantitative estimate of drug-likeness (QED) is 0.655. The third kappa shape index (κ3) is 3.86. The van der Waals surface area contributed by atoms with E-state index in [0.29, 0.717) is 24.9 Å². The predicted molar refractivity (Wildman–Crippen MR) is 115 cm³/mol. The van der Waals surface area contributed by atoms with Crippen LogP contribution in [0.3, 0.4) is 0 Å². The number of rotatable bonds is 6. The average Bonchev–Trinajstić information content (AvgIpc) is 3.36. The maximum Gasteiger partial charge on any atom is 0.346 e. The molecule has 0 aliphatic carbocycles. The van der Waals surface area contributed by atoms with Crippen LogP contribution in [0.2, 0.25) is 0 Å². The molecule has 7 nitrogen and oxygen atoms in total. The highest BCUT2D eigenvalue weighted by molar-refractivity contribution is 7.10. The number of hydrogen-bond donors (Lipinski definition) is 1. The summed E-state index contributed by atoms with van der Waals surface area (Å²) in [5.41, 5.74) is 9.73. The standard InChI is InChI=1S/C21H22FN5O2S/c1-25-19-4-2-15(6-16(19)3-5-20(25)28)17-7-18(30-12-17)11-26-13-24-27(21(26)29)10-14(8-22)9-23/h2,4,6-8,12-13H,3,5,9-11,23H2,1H3/b14-8+. The zero-order valence-corrected chi connectivity index (χ0v) is 17.4. The lowest BCUT2D eigenvalue weighted by Crippen LogP contribution is -2.30. The summed E-state index contributed by atoms with van der Waals surface area (Å²) in [5.74, 6) is 0.139. The van der Waals surface area contributed by atoms with Crippen LogP contribution in [0.5, 0.6) is 0 Å². The van der Waals surface area contributed by atoms with Crippen molar-refractivity contribution in [3.05, 3.63) is 68.8 Å². The van der Waals surface area contributed by atoms with Gasteiger partial charge in [0.25, 0.3) is 0 Å². The number of carbonyl (C=O) groups is 1. The Morgan fingerprint density at radius 2 is 2.10 bits per heavy atom. The van der Waals surface area contributed by atoms with Gasteiger partial charge in [-0.3, -0.25) is 9.36 Å². The lowest BCUT2D eigenvalue weighted by atomic mass is 9.97. The van der Waals surface area contributed by atoms with Crippen LogP contribution >= 0.6 is 11.3 Å². The molecule has 1 aromatic carbocycles. The molecule has 2 N–H and O–H groups in total. The molecular formula is C21H22FN5O2S. The van der Waals surface area contributed by atoms with Crippen LogP contribution in [0.1, 0.15) is 16.9 Å². The molecule has 0 saturated heterocycles. The van der Waals surface area contributed by atoms with Gasteiger partial charge in [0.1, 0.15) is 6.33 Å². The van der Waals surface area contributed by atoms with Crippen molar-refractivity contribution in [2.24, 2.45) is 5.73 Å². The van der Waals surface area contributed by atoms with E-state index in [9.17, 15) is 14.0 Å². The van der Waals surface area contributed by atoms with Gasteiger partial charge in [-0.15, -0.1) is 11.3 Å². The van der Waals surface area contributed by atoms with Crippen LogP contribution < -0.4 is 16.3 Å². The summed E-state index contributed by atoms with van der Waals surface area (Å²) in [6, 6.07) is 8.19. The largest absolute Gasteiger partial charge is 0.346 e. The third-order valence-electron chi connectivity index (χ3n) is 5.30. The number of halogens is 1. The van der Waals surface area contributed by atoms with Crippen molar-refractivity contribution in [3.63, 3.8) is 0 Å². The van der Waals surface area contributed by atoms with E-state index in [1.807, 2.05) is 12.1 Å². The molecular weight excluding hydrogens is 405 g/mol. The SMILES string of the molecule is CN1C(=O)CCc2cc(-c3csc(Cn4cnn(C/C(=C/F)CN)c4=O)c3)ccc21. The molecule has 3 heterocycles. The molecule has 0 spiro atoms. The number of aromatic nitrogens is 3. The number of thiophene rings is 1. The van der Waals surface area contributed by atoms with E-state index in [1.54, 1.807) is 23.3 Å². The summed E-state index contributed by atoms with van der Waals surface area (Å²) in [6.07, 6.45) is 3.15. The Morgan fingerprint density at radius 1 is 1.27 bits per heavy atom. The molecule has 2 aromatic heterocycles. The lowest BCUT2D eigenvalue weighted by Gasteiger charge is -2.26.